The maximum Gasteiger partial charge on any atom is 0.0525 e. The van der Waals surface area contributed by atoms with Crippen LogP contribution in [0.5, 0.6) is 0 Å². The molecule has 1 nitrogen and oxygen atoms in total. The Morgan fingerprint density at radius 1 is 1.27 bits per heavy atom. The van der Waals surface area contributed by atoms with Gasteiger partial charge >= 0.3 is 0 Å². The van der Waals surface area contributed by atoms with E-state index < -0.39 is 0 Å². The molecule has 0 unspecified atom stereocenters. The highest BCUT2D eigenvalue weighted by atomic mass is 32.2. The lowest BCUT2D eigenvalue weighted by Gasteiger charge is -2.20. The Balaban J connectivity index is 2.95. The predicted octanol–water partition coefficient (Wildman–Crippen LogP) is 3.38. The molecule has 0 heterocycles. The monoisotopic (exact) mass is 224 g/mol. The minimum Gasteiger partial charge on any atom is -0.396 e. The highest BCUT2D eigenvalue weighted by Gasteiger charge is 2.14. The van der Waals surface area contributed by atoms with E-state index in [0.717, 1.165) is 5.75 Å². The molecule has 0 bridgehead atoms. The van der Waals surface area contributed by atoms with Gasteiger partial charge < -0.3 is 5.11 Å². The molecule has 0 saturated heterocycles. The Labute approximate surface area is 96.9 Å². The maximum absolute atomic E-state index is 8.83. The second-order valence-electron chi connectivity index (χ2n) is 4.80. The summed E-state index contributed by atoms with van der Waals surface area (Å²) < 4.78 is 0. The van der Waals surface area contributed by atoms with Crippen LogP contribution in [0.1, 0.15) is 31.9 Å². The molecule has 0 saturated carbocycles. The first-order valence-corrected chi connectivity index (χ1v) is 6.28. The van der Waals surface area contributed by atoms with Crippen LogP contribution in [-0.4, -0.2) is 17.5 Å². The van der Waals surface area contributed by atoms with E-state index in [1.165, 1.54) is 16.0 Å². The molecule has 0 amide bonds. The number of rotatable bonds is 3. The van der Waals surface area contributed by atoms with Gasteiger partial charge in [-0.3, -0.25) is 0 Å². The van der Waals surface area contributed by atoms with Crippen molar-refractivity contribution < 1.29 is 5.11 Å². The highest BCUT2D eigenvalue weighted by Crippen LogP contribution is 2.29. The zero-order valence-corrected chi connectivity index (χ0v) is 10.8. The number of aryl methyl sites for hydroxylation is 1. The lowest BCUT2D eigenvalue weighted by atomic mass is 9.87. The standard InChI is InChI=1S/C13H20OS/c1-10-5-6-11(13(2,3)4)9-12(10)15-8-7-14/h5-6,9,14H,7-8H2,1-4H3. The number of aliphatic hydroxyl groups is 1. The molecular formula is C13H20OS. The van der Waals surface area contributed by atoms with Crippen LogP contribution in [0.4, 0.5) is 0 Å². The van der Waals surface area contributed by atoms with Crippen LogP contribution in [0.25, 0.3) is 0 Å². The van der Waals surface area contributed by atoms with Crippen LogP contribution in [0, 0.1) is 6.92 Å². The molecule has 1 aromatic carbocycles. The van der Waals surface area contributed by atoms with Crippen molar-refractivity contribution in [2.45, 2.75) is 38.0 Å². The van der Waals surface area contributed by atoms with Gasteiger partial charge in [0.25, 0.3) is 0 Å². The van der Waals surface area contributed by atoms with Gasteiger partial charge in [0.15, 0.2) is 0 Å². The molecule has 84 valence electrons. The third-order valence-electron chi connectivity index (χ3n) is 2.40. The summed E-state index contributed by atoms with van der Waals surface area (Å²) in [6.45, 7) is 9.02. The fourth-order valence-electron chi connectivity index (χ4n) is 1.38. The smallest absolute Gasteiger partial charge is 0.0525 e. The van der Waals surface area contributed by atoms with Gasteiger partial charge in [0.05, 0.1) is 6.61 Å². The molecule has 0 aliphatic carbocycles. The van der Waals surface area contributed by atoms with Crippen LogP contribution in [0.3, 0.4) is 0 Å². The van der Waals surface area contributed by atoms with Crippen LogP contribution in [0.15, 0.2) is 23.1 Å². The van der Waals surface area contributed by atoms with E-state index in [-0.39, 0.29) is 12.0 Å². The van der Waals surface area contributed by atoms with Crippen molar-refractivity contribution in [3.63, 3.8) is 0 Å². The molecule has 0 radical (unpaired) electrons. The van der Waals surface area contributed by atoms with Crippen molar-refractivity contribution in [3.8, 4) is 0 Å². The van der Waals surface area contributed by atoms with E-state index in [1.54, 1.807) is 11.8 Å². The van der Waals surface area contributed by atoms with Gasteiger partial charge in [-0.15, -0.1) is 11.8 Å². The van der Waals surface area contributed by atoms with Crippen molar-refractivity contribution in [1.82, 2.24) is 0 Å². The van der Waals surface area contributed by atoms with Crippen LogP contribution < -0.4 is 0 Å². The molecule has 0 spiro atoms. The third kappa shape index (κ3) is 3.54. The zero-order valence-electron chi connectivity index (χ0n) is 10.0. The summed E-state index contributed by atoms with van der Waals surface area (Å²) in [5, 5.41) is 8.83. The van der Waals surface area contributed by atoms with Gasteiger partial charge in [-0.25, -0.2) is 0 Å². The molecule has 15 heavy (non-hydrogen) atoms. The van der Waals surface area contributed by atoms with E-state index in [2.05, 4.69) is 45.9 Å². The Kier molecular flexibility index (Phi) is 4.23. The summed E-state index contributed by atoms with van der Waals surface area (Å²) in [5.74, 6) is 0.772. The largest absolute Gasteiger partial charge is 0.396 e. The number of hydrogen-bond acceptors (Lipinski definition) is 2. The fourth-order valence-corrected chi connectivity index (χ4v) is 2.19. The van der Waals surface area contributed by atoms with E-state index in [0.29, 0.717) is 0 Å². The normalized spacial score (nSPS) is 11.8. The highest BCUT2D eigenvalue weighted by molar-refractivity contribution is 7.99. The second-order valence-corrected chi connectivity index (χ2v) is 5.94. The van der Waals surface area contributed by atoms with Gasteiger partial charge in [0, 0.05) is 10.6 Å². The number of aliphatic hydroxyl groups excluding tert-OH is 1. The zero-order chi connectivity index (χ0) is 11.5. The number of hydrogen-bond donors (Lipinski definition) is 1. The second kappa shape index (κ2) is 5.04. The van der Waals surface area contributed by atoms with E-state index >= 15 is 0 Å². The van der Waals surface area contributed by atoms with Gasteiger partial charge in [-0.1, -0.05) is 32.9 Å². The molecule has 0 aliphatic rings. The van der Waals surface area contributed by atoms with Gasteiger partial charge in [0.2, 0.25) is 0 Å². The summed E-state index contributed by atoms with van der Waals surface area (Å²) in [7, 11) is 0. The van der Waals surface area contributed by atoms with Gasteiger partial charge in [0.1, 0.15) is 0 Å². The summed E-state index contributed by atoms with van der Waals surface area (Å²) in [4.78, 5) is 1.29. The molecule has 1 N–H and O–H groups in total. The summed E-state index contributed by atoms with van der Waals surface area (Å²) in [5.41, 5.74) is 2.84. The SMILES string of the molecule is Cc1ccc(C(C)(C)C)cc1SCCO. The Hall–Kier alpha value is -0.470. The summed E-state index contributed by atoms with van der Waals surface area (Å²) in [6.07, 6.45) is 0. The molecule has 0 aromatic heterocycles. The summed E-state index contributed by atoms with van der Waals surface area (Å²) in [6, 6.07) is 6.61. The predicted molar refractivity (Wildman–Crippen MR) is 67.7 cm³/mol. The topological polar surface area (TPSA) is 20.2 Å². The average molecular weight is 224 g/mol. The molecular weight excluding hydrogens is 204 g/mol. The molecule has 0 aliphatic heterocycles. The van der Waals surface area contributed by atoms with Crippen molar-refractivity contribution in [2.24, 2.45) is 0 Å². The maximum atomic E-state index is 8.83. The van der Waals surface area contributed by atoms with Crippen molar-refractivity contribution in [1.29, 1.82) is 0 Å². The fraction of sp³-hybridized carbons (Fsp3) is 0.538. The Morgan fingerprint density at radius 2 is 1.93 bits per heavy atom. The van der Waals surface area contributed by atoms with Crippen molar-refractivity contribution >= 4 is 11.8 Å². The molecule has 1 rings (SSSR count). The number of thioether (sulfide) groups is 1. The van der Waals surface area contributed by atoms with Crippen molar-refractivity contribution in [2.75, 3.05) is 12.4 Å². The number of benzene rings is 1. The lowest BCUT2D eigenvalue weighted by Crippen LogP contribution is -2.11. The first-order valence-electron chi connectivity index (χ1n) is 5.30. The van der Waals surface area contributed by atoms with Crippen molar-refractivity contribution in [3.05, 3.63) is 29.3 Å². The molecule has 0 fully saturated rings. The molecule has 1 aromatic rings. The molecule has 0 atom stereocenters. The first-order chi connectivity index (χ1) is 6.95. The van der Waals surface area contributed by atoms with Crippen LogP contribution in [-0.2, 0) is 5.41 Å². The molecule has 2 heteroatoms. The van der Waals surface area contributed by atoms with E-state index in [4.69, 9.17) is 5.11 Å². The summed E-state index contributed by atoms with van der Waals surface area (Å²) >= 11 is 1.73. The Bertz CT molecular complexity index is 326. The quantitative estimate of drug-likeness (QED) is 0.794. The average Bonchev–Trinajstić information content (AvgIpc) is 2.15. The van der Waals surface area contributed by atoms with Crippen LogP contribution in [0.2, 0.25) is 0 Å². The van der Waals surface area contributed by atoms with E-state index in [9.17, 15) is 0 Å². The van der Waals surface area contributed by atoms with Gasteiger partial charge in [-0.05, 0) is 29.5 Å². The van der Waals surface area contributed by atoms with Crippen LogP contribution >= 0.6 is 11.8 Å². The lowest BCUT2D eigenvalue weighted by molar-refractivity contribution is 0.322. The minimum atomic E-state index is 0.197. The first kappa shape index (κ1) is 12.6. The van der Waals surface area contributed by atoms with E-state index in [1.807, 2.05) is 0 Å². The minimum absolute atomic E-state index is 0.197. The third-order valence-corrected chi connectivity index (χ3v) is 3.54. The van der Waals surface area contributed by atoms with Gasteiger partial charge in [-0.2, -0.15) is 0 Å². The Morgan fingerprint density at radius 3 is 2.47 bits per heavy atom.